The number of carbonyl (C=O) groups is 3. The number of benzene rings is 2. The third kappa shape index (κ3) is 4.17. The van der Waals surface area contributed by atoms with Crippen LogP contribution in [0.1, 0.15) is 27.2 Å². The van der Waals surface area contributed by atoms with E-state index in [1.807, 2.05) is 0 Å². The fraction of sp³-hybridized carbons (Fsp3) is 0.0435. The summed E-state index contributed by atoms with van der Waals surface area (Å²) >= 11 is 6.76. The van der Waals surface area contributed by atoms with E-state index in [0.717, 1.165) is 16.7 Å². The normalized spacial score (nSPS) is 14.8. The van der Waals surface area contributed by atoms with E-state index in [2.05, 4.69) is 6.07 Å². The Morgan fingerprint density at radius 2 is 1.97 bits per heavy atom. The first-order chi connectivity index (χ1) is 15.4. The quantitative estimate of drug-likeness (QED) is 0.524. The molecule has 0 bridgehead atoms. The van der Waals surface area contributed by atoms with Crippen LogP contribution in [0.15, 0.2) is 63.9 Å². The Kier molecular flexibility index (Phi) is 5.86. The van der Waals surface area contributed by atoms with Crippen molar-refractivity contribution in [1.29, 1.82) is 5.26 Å². The molecule has 32 heavy (non-hydrogen) atoms. The number of hydrogen-bond acceptors (Lipinski definition) is 7. The summed E-state index contributed by atoms with van der Waals surface area (Å²) in [4.78, 5) is 37.4. The molecule has 0 atom stereocenters. The summed E-state index contributed by atoms with van der Waals surface area (Å²) in [5.41, 5.74) is 1.39. The number of imide groups is 1. The first kappa shape index (κ1) is 21.4. The van der Waals surface area contributed by atoms with E-state index < -0.39 is 17.1 Å². The van der Waals surface area contributed by atoms with Crippen LogP contribution in [-0.2, 0) is 11.3 Å². The summed E-state index contributed by atoms with van der Waals surface area (Å²) in [6.45, 7) is -0.00156. The summed E-state index contributed by atoms with van der Waals surface area (Å²) in [5.74, 6) is -1.12. The maximum atomic E-state index is 12.8. The molecule has 2 aromatic carbocycles. The largest absolute Gasteiger partial charge is 0.545 e. The molecule has 0 unspecified atom stereocenters. The maximum absolute atomic E-state index is 12.8. The number of hydrogen-bond donors (Lipinski definition) is 0. The second-order valence-corrected chi connectivity index (χ2v) is 8.12. The summed E-state index contributed by atoms with van der Waals surface area (Å²) in [5, 5.41) is 19.8. The van der Waals surface area contributed by atoms with Crippen molar-refractivity contribution < 1.29 is 23.9 Å². The molecule has 0 aliphatic carbocycles. The molecule has 1 fully saturated rings. The lowest BCUT2D eigenvalue weighted by Gasteiger charge is -2.13. The Labute approximate surface area is 191 Å². The highest BCUT2D eigenvalue weighted by Gasteiger charge is 2.35. The second kappa shape index (κ2) is 8.75. The molecule has 2 amide bonds. The number of nitriles is 1. The van der Waals surface area contributed by atoms with Gasteiger partial charge in [0.2, 0.25) is 0 Å². The van der Waals surface area contributed by atoms with Gasteiger partial charge >= 0.3 is 0 Å². The van der Waals surface area contributed by atoms with Crippen LogP contribution in [0, 0.1) is 11.3 Å². The van der Waals surface area contributed by atoms with Crippen molar-refractivity contribution in [2.75, 3.05) is 0 Å². The van der Waals surface area contributed by atoms with E-state index in [-0.39, 0.29) is 22.0 Å². The predicted molar refractivity (Wildman–Crippen MR) is 116 cm³/mol. The van der Waals surface area contributed by atoms with Gasteiger partial charge in [0.1, 0.15) is 11.5 Å². The molecule has 9 heteroatoms. The zero-order valence-corrected chi connectivity index (χ0v) is 17.8. The molecule has 1 aromatic heterocycles. The van der Waals surface area contributed by atoms with Crippen LogP contribution in [0.5, 0.6) is 0 Å². The molecule has 1 saturated heterocycles. The van der Waals surface area contributed by atoms with Crippen LogP contribution in [0.25, 0.3) is 17.4 Å². The van der Waals surface area contributed by atoms with Crippen LogP contribution < -0.4 is 5.11 Å². The fourth-order valence-corrected chi connectivity index (χ4v) is 4.20. The molecule has 7 nitrogen and oxygen atoms in total. The third-order valence-corrected chi connectivity index (χ3v) is 5.93. The molecule has 1 aliphatic rings. The van der Waals surface area contributed by atoms with E-state index in [9.17, 15) is 24.8 Å². The van der Waals surface area contributed by atoms with Crippen LogP contribution in [0.3, 0.4) is 0 Å². The second-order valence-electron chi connectivity index (χ2n) is 6.72. The van der Waals surface area contributed by atoms with E-state index in [0.29, 0.717) is 28.2 Å². The van der Waals surface area contributed by atoms with E-state index in [1.54, 1.807) is 36.4 Å². The van der Waals surface area contributed by atoms with Crippen LogP contribution >= 0.6 is 23.4 Å². The van der Waals surface area contributed by atoms with Crippen molar-refractivity contribution >= 4 is 46.6 Å². The van der Waals surface area contributed by atoms with Gasteiger partial charge < -0.3 is 14.3 Å². The number of rotatable bonds is 5. The Balaban J connectivity index is 1.55. The van der Waals surface area contributed by atoms with Gasteiger partial charge in [0.15, 0.2) is 0 Å². The number of nitrogens with zero attached hydrogens (tertiary/aromatic N) is 2. The summed E-state index contributed by atoms with van der Waals surface area (Å²) in [6, 6.07) is 16.4. The molecule has 2 heterocycles. The van der Waals surface area contributed by atoms with Gasteiger partial charge in [-0.05, 0) is 41.6 Å². The highest BCUT2D eigenvalue weighted by molar-refractivity contribution is 8.18. The first-order valence-corrected chi connectivity index (χ1v) is 10.4. The molecule has 0 spiro atoms. The Hall–Kier alpha value is -3.80. The van der Waals surface area contributed by atoms with Gasteiger partial charge in [-0.3, -0.25) is 14.5 Å². The average molecular weight is 464 g/mol. The molecule has 0 N–H and O–H groups in total. The van der Waals surface area contributed by atoms with Gasteiger partial charge in [0.05, 0.1) is 34.1 Å². The lowest BCUT2D eigenvalue weighted by atomic mass is 10.1. The van der Waals surface area contributed by atoms with Crippen molar-refractivity contribution in [3.63, 3.8) is 0 Å². The minimum absolute atomic E-state index is 0.00156. The number of furan rings is 1. The average Bonchev–Trinajstić information content (AvgIpc) is 3.34. The highest BCUT2D eigenvalue weighted by atomic mass is 35.5. The Morgan fingerprint density at radius 3 is 2.69 bits per heavy atom. The zero-order chi connectivity index (χ0) is 22.8. The van der Waals surface area contributed by atoms with E-state index in [4.69, 9.17) is 16.0 Å². The highest BCUT2D eigenvalue weighted by Crippen LogP contribution is 2.35. The standard InChI is InChI=1S/C23H13ClN2O5S/c24-18-9-13(5-7-17(18)22(28)29)19-8-6-16(31-19)10-20-21(27)26(23(30)32-20)12-15-4-2-1-3-14(15)11-25/h1-10H,12H2,(H,28,29)/p-1/b20-10-. The van der Waals surface area contributed by atoms with Gasteiger partial charge in [0, 0.05) is 17.2 Å². The third-order valence-electron chi connectivity index (χ3n) is 4.71. The van der Waals surface area contributed by atoms with Gasteiger partial charge in [-0.25, -0.2) is 0 Å². The number of aromatic carboxylic acids is 1. The Morgan fingerprint density at radius 1 is 1.19 bits per heavy atom. The number of carbonyl (C=O) groups excluding carboxylic acids is 3. The maximum Gasteiger partial charge on any atom is 0.293 e. The fourth-order valence-electron chi connectivity index (χ4n) is 3.12. The smallest absolute Gasteiger partial charge is 0.293 e. The van der Waals surface area contributed by atoms with Crippen LogP contribution in [-0.4, -0.2) is 22.0 Å². The number of carboxylic acid groups (broad SMARTS) is 1. The SMILES string of the molecule is N#Cc1ccccc1CN1C(=O)S/C(=C\c2ccc(-c3ccc(C(=O)[O-])c(Cl)c3)o2)C1=O. The number of thioether (sulfide) groups is 1. The molecule has 158 valence electrons. The molecule has 1 aliphatic heterocycles. The molecule has 0 radical (unpaired) electrons. The summed E-state index contributed by atoms with van der Waals surface area (Å²) in [6.07, 6.45) is 1.46. The predicted octanol–water partition coefficient (Wildman–Crippen LogP) is 4.07. The molecular weight excluding hydrogens is 452 g/mol. The number of amides is 2. The van der Waals surface area contributed by atoms with Crippen molar-refractivity contribution in [2.45, 2.75) is 6.54 Å². The molecule has 0 saturated carbocycles. The van der Waals surface area contributed by atoms with Crippen LogP contribution in [0.2, 0.25) is 5.02 Å². The monoisotopic (exact) mass is 463 g/mol. The van der Waals surface area contributed by atoms with Crippen molar-refractivity contribution in [2.24, 2.45) is 0 Å². The van der Waals surface area contributed by atoms with Crippen LogP contribution in [0.4, 0.5) is 4.79 Å². The summed E-state index contributed by atoms with van der Waals surface area (Å²) < 4.78 is 5.72. The minimum atomic E-state index is -1.38. The minimum Gasteiger partial charge on any atom is -0.545 e. The lowest BCUT2D eigenvalue weighted by Crippen LogP contribution is -2.27. The van der Waals surface area contributed by atoms with Gasteiger partial charge in [0.25, 0.3) is 11.1 Å². The number of halogens is 1. The molecule has 4 rings (SSSR count). The summed E-state index contributed by atoms with van der Waals surface area (Å²) in [7, 11) is 0. The van der Waals surface area contributed by atoms with Crippen molar-refractivity contribution in [3.05, 3.63) is 87.0 Å². The van der Waals surface area contributed by atoms with Gasteiger partial charge in [-0.2, -0.15) is 5.26 Å². The lowest BCUT2D eigenvalue weighted by molar-refractivity contribution is -0.255. The number of carboxylic acids is 1. The topological polar surface area (TPSA) is 114 Å². The van der Waals surface area contributed by atoms with Gasteiger partial charge in [-0.1, -0.05) is 41.9 Å². The van der Waals surface area contributed by atoms with Crippen molar-refractivity contribution in [3.8, 4) is 17.4 Å². The molecule has 3 aromatic rings. The Bertz CT molecular complexity index is 1340. The van der Waals surface area contributed by atoms with E-state index in [1.165, 1.54) is 24.3 Å². The molecular formula is C23H12ClN2O5S-. The van der Waals surface area contributed by atoms with Crippen molar-refractivity contribution in [1.82, 2.24) is 4.90 Å². The first-order valence-electron chi connectivity index (χ1n) is 9.22. The zero-order valence-electron chi connectivity index (χ0n) is 16.2. The van der Waals surface area contributed by atoms with Gasteiger partial charge in [-0.15, -0.1) is 0 Å². The van der Waals surface area contributed by atoms with E-state index >= 15 is 0 Å².